The van der Waals surface area contributed by atoms with Crippen LogP contribution in [0.25, 0.3) is 10.4 Å². The minimum Gasteiger partial charge on any atom is -0.473 e. The highest BCUT2D eigenvalue weighted by atomic mass is 16.3. The topological polar surface area (TPSA) is 73.4 Å². The van der Waals surface area contributed by atoms with Crippen LogP contribution in [0.3, 0.4) is 0 Å². The van der Waals surface area contributed by atoms with E-state index >= 15 is 0 Å². The standard InChI is InChI=1S/C4H4O.HN3/c1-2-4-5-3-1;1-3-2/h1-4H;1H. The molecule has 0 atom stereocenters. The molecule has 0 spiro atoms. The first kappa shape index (κ1) is 6.59. The predicted octanol–water partition coefficient (Wildman–Crippen LogP) is 2.16. The van der Waals surface area contributed by atoms with Crippen LogP contribution in [0.15, 0.2) is 29.1 Å². The van der Waals surface area contributed by atoms with Crippen LogP contribution >= 0.6 is 0 Å². The van der Waals surface area contributed by atoms with Crippen molar-refractivity contribution in [2.24, 2.45) is 0 Å². The molecule has 1 aromatic rings. The normalized spacial score (nSPS) is 6.00. The van der Waals surface area contributed by atoms with E-state index in [0.717, 1.165) is 0 Å². The van der Waals surface area contributed by atoms with E-state index in [9.17, 15) is 0 Å². The first-order valence-corrected chi connectivity index (χ1v) is 1.90. The van der Waals surface area contributed by atoms with Gasteiger partial charge in [0, 0.05) is 0 Å². The molecule has 8 heavy (non-hydrogen) atoms. The molecule has 4 heteroatoms. The molecule has 0 radical (unpaired) electrons. The zero-order chi connectivity index (χ0) is 6.24. The smallest absolute Gasteiger partial charge is 0.0902 e. The number of hydrogen-bond donors (Lipinski definition) is 1. The van der Waals surface area contributed by atoms with Crippen molar-refractivity contribution in [1.29, 1.82) is 5.53 Å². The van der Waals surface area contributed by atoms with E-state index in [-0.39, 0.29) is 0 Å². The van der Waals surface area contributed by atoms with Crippen molar-refractivity contribution >= 4 is 0 Å². The van der Waals surface area contributed by atoms with Crippen molar-refractivity contribution in [3.63, 3.8) is 0 Å². The second-order valence-corrected chi connectivity index (χ2v) is 0.893. The Hall–Kier alpha value is -1.41. The molecule has 0 saturated heterocycles. The Kier molecular flexibility index (Phi) is 4.60. The number of rotatable bonds is 0. The first-order chi connectivity index (χ1) is 3.91. The Morgan fingerprint density at radius 1 is 1.38 bits per heavy atom. The fraction of sp³-hybridized carbons (Fsp3) is 0. The van der Waals surface area contributed by atoms with E-state index in [2.05, 4.69) is 4.42 Å². The maximum absolute atomic E-state index is 6.86. The lowest BCUT2D eigenvalue weighted by atomic mass is 10.7. The third kappa shape index (κ3) is 4.59. The first-order valence-electron chi connectivity index (χ1n) is 1.90. The van der Waals surface area contributed by atoms with Gasteiger partial charge in [-0.25, -0.2) is 0 Å². The maximum atomic E-state index is 6.86. The molecule has 42 valence electrons. The Labute approximate surface area is 46.2 Å². The Morgan fingerprint density at radius 2 is 1.75 bits per heavy atom. The fourth-order valence-electron chi connectivity index (χ4n) is 0.227. The highest BCUT2D eigenvalue weighted by Gasteiger charge is 1.58. The molecule has 0 amide bonds. The Bertz CT molecular complexity index is 123. The summed E-state index contributed by atoms with van der Waals surface area (Å²) in [6, 6.07) is 3.67. The number of nitrogens with one attached hydrogen (secondary N) is 1. The second kappa shape index (κ2) is 5.59. The number of hydrogen-bond acceptors (Lipinski definition) is 2. The lowest BCUT2D eigenvalue weighted by Gasteiger charge is -1.50. The summed E-state index contributed by atoms with van der Waals surface area (Å²) in [5.41, 5.74) is 12.2. The summed E-state index contributed by atoms with van der Waals surface area (Å²) in [6.07, 6.45) is 3.25. The Morgan fingerprint density at radius 3 is 1.88 bits per heavy atom. The number of nitrogens with zero attached hydrogens (tertiary/aromatic N) is 2. The van der Waals surface area contributed by atoms with Gasteiger partial charge in [0.25, 0.3) is 0 Å². The lowest BCUT2D eigenvalue weighted by molar-refractivity contribution is 0.567. The molecule has 0 saturated carbocycles. The molecule has 0 aliphatic carbocycles. The summed E-state index contributed by atoms with van der Waals surface area (Å²) in [5.74, 6) is 0. The maximum Gasteiger partial charge on any atom is 0.0902 e. The van der Waals surface area contributed by atoms with Crippen LogP contribution in [-0.2, 0) is 0 Å². The van der Waals surface area contributed by atoms with Gasteiger partial charge in [-0.3, -0.25) is 0 Å². The summed E-state index contributed by atoms with van der Waals surface area (Å²) in [6.45, 7) is 0. The Balaban J connectivity index is 0.000000145. The average molecular weight is 111 g/mol. The third-order valence-corrected chi connectivity index (χ3v) is 0.425. The molecule has 0 aliphatic rings. The van der Waals surface area contributed by atoms with Crippen LogP contribution in [0.4, 0.5) is 0 Å². The van der Waals surface area contributed by atoms with Gasteiger partial charge < -0.3 is 4.42 Å². The highest BCUT2D eigenvalue weighted by molar-refractivity contribution is 4.79. The van der Waals surface area contributed by atoms with Gasteiger partial charge in [-0.15, -0.1) is 5.53 Å². The monoisotopic (exact) mass is 111 g/mol. The summed E-state index contributed by atoms with van der Waals surface area (Å²) < 4.78 is 4.58. The quantitative estimate of drug-likeness (QED) is 0.311. The summed E-state index contributed by atoms with van der Waals surface area (Å²) in [5, 5.41) is 0. The van der Waals surface area contributed by atoms with Crippen molar-refractivity contribution < 1.29 is 4.42 Å². The van der Waals surface area contributed by atoms with Crippen molar-refractivity contribution in [2.45, 2.75) is 0 Å². The molecular weight excluding hydrogens is 106 g/mol. The van der Waals surface area contributed by atoms with Gasteiger partial charge in [-0.05, 0) is 22.6 Å². The van der Waals surface area contributed by atoms with Crippen molar-refractivity contribution in [3.05, 3.63) is 35.1 Å². The van der Waals surface area contributed by atoms with Crippen LogP contribution in [0.1, 0.15) is 0 Å². The van der Waals surface area contributed by atoms with Gasteiger partial charge in [0.2, 0.25) is 0 Å². The lowest BCUT2D eigenvalue weighted by Crippen LogP contribution is -1.16. The zero-order valence-electron chi connectivity index (χ0n) is 4.11. The second-order valence-electron chi connectivity index (χ2n) is 0.893. The van der Waals surface area contributed by atoms with Crippen LogP contribution in [0, 0.1) is 5.53 Å². The average Bonchev–Trinajstić information content (AvgIpc) is 2.17. The van der Waals surface area contributed by atoms with Crippen LogP contribution < -0.4 is 0 Å². The molecule has 1 aromatic heterocycles. The molecule has 4 nitrogen and oxygen atoms in total. The van der Waals surface area contributed by atoms with E-state index in [1.165, 1.54) is 0 Å². The predicted molar refractivity (Wildman–Crippen MR) is 28.1 cm³/mol. The summed E-state index contributed by atoms with van der Waals surface area (Å²) in [7, 11) is 0. The van der Waals surface area contributed by atoms with E-state index in [1.807, 2.05) is 12.1 Å². The minimum atomic E-state index is 1.62. The van der Waals surface area contributed by atoms with Crippen LogP contribution in [0.5, 0.6) is 0 Å². The molecule has 1 rings (SSSR count). The van der Waals surface area contributed by atoms with E-state index < -0.39 is 0 Å². The van der Waals surface area contributed by atoms with Crippen molar-refractivity contribution in [1.82, 2.24) is 0 Å². The van der Waals surface area contributed by atoms with E-state index in [0.29, 0.717) is 0 Å². The zero-order valence-corrected chi connectivity index (χ0v) is 4.11. The molecule has 0 aromatic carbocycles. The third-order valence-electron chi connectivity index (χ3n) is 0.425. The molecule has 0 fully saturated rings. The summed E-state index contributed by atoms with van der Waals surface area (Å²) >= 11 is 0. The van der Waals surface area contributed by atoms with E-state index in [1.54, 1.807) is 17.4 Å². The van der Waals surface area contributed by atoms with Gasteiger partial charge in [0.1, 0.15) is 0 Å². The number of furan rings is 1. The van der Waals surface area contributed by atoms with Crippen molar-refractivity contribution in [2.75, 3.05) is 0 Å². The molecule has 0 bridgehead atoms. The van der Waals surface area contributed by atoms with Gasteiger partial charge in [0.15, 0.2) is 0 Å². The van der Waals surface area contributed by atoms with Gasteiger partial charge in [-0.1, -0.05) is 0 Å². The van der Waals surface area contributed by atoms with Gasteiger partial charge in [-0.2, -0.15) is 0 Å². The molecule has 0 aliphatic heterocycles. The molecule has 1 heterocycles. The van der Waals surface area contributed by atoms with Gasteiger partial charge >= 0.3 is 0 Å². The SMILES string of the molecule is [N-]=[N+]=N.c1ccoc1. The molecular formula is C4H5N3O. The van der Waals surface area contributed by atoms with E-state index in [4.69, 9.17) is 11.1 Å². The molecule has 0 unspecified atom stereocenters. The van der Waals surface area contributed by atoms with Crippen molar-refractivity contribution in [3.8, 4) is 0 Å². The molecule has 1 N–H and O–H groups in total. The van der Waals surface area contributed by atoms with Crippen LogP contribution in [-0.4, -0.2) is 0 Å². The summed E-state index contributed by atoms with van der Waals surface area (Å²) in [4.78, 5) is 1.75. The fourth-order valence-corrected chi connectivity index (χ4v) is 0.227. The highest BCUT2D eigenvalue weighted by Crippen LogP contribution is 1.79. The minimum absolute atomic E-state index is 1.62. The largest absolute Gasteiger partial charge is 0.473 e. The van der Waals surface area contributed by atoms with Gasteiger partial charge in [0.05, 0.1) is 12.5 Å². The van der Waals surface area contributed by atoms with Crippen LogP contribution in [0.2, 0.25) is 0 Å².